The molecular weight excluding hydrogens is 413 g/mol. The van der Waals surface area contributed by atoms with Gasteiger partial charge in [-0.15, -0.1) is 10.2 Å². The summed E-state index contributed by atoms with van der Waals surface area (Å²) in [5, 5.41) is 12.6. The van der Waals surface area contributed by atoms with Crippen molar-refractivity contribution in [1.29, 1.82) is 0 Å². The van der Waals surface area contributed by atoms with Gasteiger partial charge in [0, 0.05) is 16.4 Å². The molecule has 9 heteroatoms. The highest BCUT2D eigenvalue weighted by Gasteiger charge is 2.23. The zero-order valence-corrected chi connectivity index (χ0v) is 17.9. The molecule has 0 saturated carbocycles. The van der Waals surface area contributed by atoms with Gasteiger partial charge in [0.05, 0.1) is 19.8 Å². The number of carbonyl (C=O) groups is 1. The van der Waals surface area contributed by atoms with Crippen LogP contribution in [0.1, 0.15) is 18.8 Å². The zero-order valence-electron chi connectivity index (χ0n) is 16.3. The van der Waals surface area contributed by atoms with E-state index in [1.54, 1.807) is 24.3 Å². The molecule has 1 aromatic heterocycles. The number of halogens is 2. The van der Waals surface area contributed by atoms with Crippen LogP contribution in [0.2, 0.25) is 5.02 Å². The number of amides is 1. The van der Waals surface area contributed by atoms with E-state index in [1.165, 1.54) is 28.8 Å². The standard InChI is InChI=1S/C20H21ClFN5OS/c1-13(26(2)3)19-24-25-20(27(19)17-9-7-14(21)8-10-17)29-12-18(28)23-16-6-4-5-15(22)11-16/h4-11,13H,12H2,1-3H3,(H,23,28)/p+1/t13-/m1/s1. The Balaban J connectivity index is 1.81. The second kappa shape index (κ2) is 9.39. The highest BCUT2D eigenvalue weighted by atomic mass is 35.5. The van der Waals surface area contributed by atoms with Gasteiger partial charge in [0.1, 0.15) is 11.9 Å². The predicted octanol–water partition coefficient (Wildman–Crippen LogP) is 3.00. The molecule has 0 aliphatic heterocycles. The second-order valence-electron chi connectivity index (χ2n) is 6.80. The lowest BCUT2D eigenvalue weighted by Crippen LogP contribution is -3.05. The zero-order chi connectivity index (χ0) is 21.0. The summed E-state index contributed by atoms with van der Waals surface area (Å²) >= 11 is 7.30. The fourth-order valence-corrected chi connectivity index (χ4v) is 3.52. The van der Waals surface area contributed by atoms with Crippen molar-refractivity contribution in [3.8, 4) is 5.69 Å². The second-order valence-corrected chi connectivity index (χ2v) is 8.18. The third kappa shape index (κ3) is 5.35. The number of quaternary nitrogens is 1. The molecular formula is C20H22ClFN5OS+. The number of carbonyl (C=O) groups excluding carboxylic acids is 1. The van der Waals surface area contributed by atoms with Crippen LogP contribution in [0.5, 0.6) is 0 Å². The molecule has 0 aliphatic rings. The van der Waals surface area contributed by atoms with E-state index in [-0.39, 0.29) is 17.7 Å². The third-order valence-electron chi connectivity index (χ3n) is 4.44. The molecule has 0 unspecified atom stereocenters. The van der Waals surface area contributed by atoms with Crippen LogP contribution in [0.25, 0.3) is 5.69 Å². The Morgan fingerprint density at radius 1 is 1.24 bits per heavy atom. The quantitative estimate of drug-likeness (QED) is 0.561. The fraction of sp³-hybridized carbons (Fsp3) is 0.250. The molecule has 2 N–H and O–H groups in total. The smallest absolute Gasteiger partial charge is 0.234 e. The number of hydrogen-bond donors (Lipinski definition) is 2. The molecule has 0 spiro atoms. The molecule has 0 radical (unpaired) electrons. The minimum atomic E-state index is -0.400. The van der Waals surface area contributed by atoms with E-state index in [2.05, 4.69) is 22.4 Å². The van der Waals surface area contributed by atoms with E-state index in [9.17, 15) is 9.18 Å². The largest absolute Gasteiger partial charge is 0.331 e. The van der Waals surface area contributed by atoms with Gasteiger partial charge in [0.2, 0.25) is 5.91 Å². The van der Waals surface area contributed by atoms with Gasteiger partial charge >= 0.3 is 0 Å². The first kappa shape index (κ1) is 21.3. The first-order chi connectivity index (χ1) is 13.8. The Kier molecular flexibility index (Phi) is 6.89. The molecule has 3 aromatic rings. The van der Waals surface area contributed by atoms with Crippen LogP contribution < -0.4 is 10.2 Å². The summed E-state index contributed by atoms with van der Waals surface area (Å²) in [5.41, 5.74) is 1.29. The van der Waals surface area contributed by atoms with E-state index < -0.39 is 5.82 Å². The van der Waals surface area contributed by atoms with Gasteiger partial charge in [0.25, 0.3) is 0 Å². The molecule has 152 valence electrons. The van der Waals surface area contributed by atoms with Crippen LogP contribution in [-0.4, -0.2) is 40.5 Å². The molecule has 0 saturated heterocycles. The Morgan fingerprint density at radius 2 is 1.97 bits per heavy atom. The SMILES string of the molecule is C[C@H](c1nnc(SCC(=O)Nc2cccc(F)c2)n1-c1ccc(Cl)cc1)[NH+](C)C. The van der Waals surface area contributed by atoms with Crippen molar-refractivity contribution >= 4 is 35.0 Å². The Bertz CT molecular complexity index is 993. The highest BCUT2D eigenvalue weighted by Crippen LogP contribution is 2.25. The summed E-state index contributed by atoms with van der Waals surface area (Å²) in [4.78, 5) is 13.5. The highest BCUT2D eigenvalue weighted by molar-refractivity contribution is 7.99. The summed E-state index contributed by atoms with van der Waals surface area (Å²) in [6, 6.07) is 13.3. The number of nitrogens with one attached hydrogen (secondary N) is 2. The first-order valence-electron chi connectivity index (χ1n) is 9.04. The summed E-state index contributed by atoms with van der Waals surface area (Å²) < 4.78 is 15.2. The van der Waals surface area contributed by atoms with Crippen molar-refractivity contribution in [2.75, 3.05) is 25.2 Å². The number of nitrogens with zero attached hydrogens (tertiary/aromatic N) is 3. The Hall–Kier alpha value is -2.42. The maximum atomic E-state index is 13.3. The average Bonchev–Trinajstić information content (AvgIpc) is 3.10. The maximum absolute atomic E-state index is 13.3. The molecule has 1 amide bonds. The van der Waals surface area contributed by atoms with Crippen molar-refractivity contribution < 1.29 is 14.1 Å². The van der Waals surface area contributed by atoms with Crippen molar-refractivity contribution in [2.24, 2.45) is 0 Å². The number of thioether (sulfide) groups is 1. The van der Waals surface area contributed by atoms with Crippen molar-refractivity contribution in [3.05, 3.63) is 65.2 Å². The summed E-state index contributed by atoms with van der Waals surface area (Å²) in [7, 11) is 4.09. The molecule has 29 heavy (non-hydrogen) atoms. The topological polar surface area (TPSA) is 64.2 Å². The number of benzene rings is 2. The molecule has 3 rings (SSSR count). The van der Waals surface area contributed by atoms with Crippen LogP contribution in [0.4, 0.5) is 10.1 Å². The molecule has 6 nitrogen and oxygen atoms in total. The first-order valence-corrected chi connectivity index (χ1v) is 10.4. The van der Waals surface area contributed by atoms with Crippen molar-refractivity contribution in [2.45, 2.75) is 18.1 Å². The van der Waals surface area contributed by atoms with Crippen LogP contribution in [0.3, 0.4) is 0 Å². The van der Waals surface area contributed by atoms with Gasteiger partial charge in [0.15, 0.2) is 11.0 Å². The van der Waals surface area contributed by atoms with E-state index in [0.29, 0.717) is 15.9 Å². The fourth-order valence-electron chi connectivity index (χ4n) is 2.64. The van der Waals surface area contributed by atoms with Crippen molar-refractivity contribution in [3.63, 3.8) is 0 Å². The minimum absolute atomic E-state index is 0.0913. The van der Waals surface area contributed by atoms with E-state index in [4.69, 9.17) is 11.6 Å². The third-order valence-corrected chi connectivity index (χ3v) is 5.62. The molecule has 2 aromatic carbocycles. The molecule has 0 bridgehead atoms. The summed E-state index contributed by atoms with van der Waals surface area (Å²) in [5.74, 6) is 0.257. The lowest BCUT2D eigenvalue weighted by atomic mass is 10.2. The van der Waals surface area contributed by atoms with Gasteiger partial charge in [-0.05, 0) is 49.4 Å². The Morgan fingerprint density at radius 3 is 2.62 bits per heavy atom. The molecule has 0 aliphatic carbocycles. The van der Waals surface area contributed by atoms with E-state index in [1.807, 2.05) is 30.8 Å². The maximum Gasteiger partial charge on any atom is 0.234 e. The normalized spacial score (nSPS) is 12.2. The van der Waals surface area contributed by atoms with Crippen molar-refractivity contribution in [1.82, 2.24) is 14.8 Å². The van der Waals surface area contributed by atoms with Gasteiger partial charge in [-0.25, -0.2) is 4.39 Å². The molecule has 0 fully saturated rings. The van der Waals surface area contributed by atoms with Crippen LogP contribution >= 0.6 is 23.4 Å². The van der Waals surface area contributed by atoms with Crippen LogP contribution in [0, 0.1) is 5.82 Å². The summed E-state index contributed by atoms with van der Waals surface area (Å²) in [6.07, 6.45) is 0. The molecule has 1 atom stereocenters. The number of hydrogen-bond acceptors (Lipinski definition) is 4. The molecule has 1 heterocycles. The van der Waals surface area contributed by atoms with Gasteiger partial charge in [-0.2, -0.15) is 0 Å². The lowest BCUT2D eigenvalue weighted by molar-refractivity contribution is -0.890. The average molecular weight is 435 g/mol. The number of aromatic nitrogens is 3. The van der Waals surface area contributed by atoms with Crippen LogP contribution in [0.15, 0.2) is 53.7 Å². The van der Waals surface area contributed by atoms with Gasteiger partial charge < -0.3 is 10.2 Å². The van der Waals surface area contributed by atoms with Crippen LogP contribution in [-0.2, 0) is 4.79 Å². The summed E-state index contributed by atoms with van der Waals surface area (Å²) in [6.45, 7) is 2.07. The number of rotatable bonds is 7. The van der Waals surface area contributed by atoms with Gasteiger partial charge in [-0.3, -0.25) is 9.36 Å². The number of anilines is 1. The van der Waals surface area contributed by atoms with Gasteiger partial charge in [-0.1, -0.05) is 29.4 Å². The minimum Gasteiger partial charge on any atom is -0.331 e. The predicted molar refractivity (Wildman–Crippen MR) is 113 cm³/mol. The monoisotopic (exact) mass is 434 g/mol. The lowest BCUT2D eigenvalue weighted by Gasteiger charge is -2.18. The Labute approximate surface area is 178 Å². The van der Waals surface area contributed by atoms with E-state index in [0.717, 1.165) is 11.5 Å². The van der Waals surface area contributed by atoms with E-state index >= 15 is 0 Å².